The number of nitrogens with zero attached hydrogens (tertiary/aromatic N) is 1. The lowest BCUT2D eigenvalue weighted by molar-refractivity contribution is 0.150. The third kappa shape index (κ3) is 4.72. The van der Waals surface area contributed by atoms with Crippen molar-refractivity contribution in [2.75, 3.05) is 31.1 Å². The number of sulfone groups is 1. The Kier molecular flexibility index (Phi) is 5.26. The van der Waals surface area contributed by atoms with E-state index in [1.165, 1.54) is 12.8 Å². The smallest absolute Gasteiger partial charge is 0.150 e. The van der Waals surface area contributed by atoms with Gasteiger partial charge in [-0.3, -0.25) is 4.90 Å². The van der Waals surface area contributed by atoms with E-state index < -0.39 is 9.84 Å². The molecule has 2 heterocycles. The van der Waals surface area contributed by atoms with Gasteiger partial charge in [0.05, 0.1) is 11.5 Å². The molecule has 0 amide bonds. The normalized spacial score (nSPS) is 28.3. The van der Waals surface area contributed by atoms with Gasteiger partial charge in [0.25, 0.3) is 0 Å². The van der Waals surface area contributed by atoms with Gasteiger partial charge in [-0.1, -0.05) is 13.8 Å². The maximum atomic E-state index is 11.6. The van der Waals surface area contributed by atoms with Crippen molar-refractivity contribution >= 4 is 9.84 Å². The molecule has 0 bridgehead atoms. The molecule has 2 aliphatic heterocycles. The maximum Gasteiger partial charge on any atom is 0.150 e. The number of hydrogen-bond acceptors (Lipinski definition) is 4. The molecule has 19 heavy (non-hydrogen) atoms. The van der Waals surface area contributed by atoms with Crippen LogP contribution in [0.3, 0.4) is 0 Å². The molecule has 2 aliphatic rings. The molecular weight excluding hydrogens is 260 g/mol. The minimum atomic E-state index is -2.75. The number of nitrogens with one attached hydrogen (secondary N) is 1. The van der Waals surface area contributed by atoms with Gasteiger partial charge < -0.3 is 5.32 Å². The van der Waals surface area contributed by atoms with Gasteiger partial charge in [-0.2, -0.15) is 0 Å². The SMILES string of the molecule is CC(C)CN(CC1CCCN1)C1CCS(=O)(=O)CC1. The van der Waals surface area contributed by atoms with Crippen LogP contribution in [-0.2, 0) is 9.84 Å². The average Bonchev–Trinajstić information content (AvgIpc) is 2.80. The summed E-state index contributed by atoms with van der Waals surface area (Å²) in [7, 11) is -2.75. The van der Waals surface area contributed by atoms with Crippen molar-refractivity contribution in [2.45, 2.75) is 51.6 Å². The quantitative estimate of drug-likeness (QED) is 0.828. The topological polar surface area (TPSA) is 49.4 Å². The van der Waals surface area contributed by atoms with E-state index in [0.717, 1.165) is 32.5 Å². The van der Waals surface area contributed by atoms with E-state index in [-0.39, 0.29) is 0 Å². The fourth-order valence-corrected chi connectivity index (χ4v) is 4.75. The molecule has 1 N–H and O–H groups in total. The third-order valence-corrected chi connectivity index (χ3v) is 5.97. The lowest BCUT2D eigenvalue weighted by Gasteiger charge is -2.36. The van der Waals surface area contributed by atoms with E-state index in [4.69, 9.17) is 0 Å². The molecule has 4 nitrogen and oxygen atoms in total. The van der Waals surface area contributed by atoms with Gasteiger partial charge in [0.15, 0.2) is 0 Å². The molecule has 112 valence electrons. The van der Waals surface area contributed by atoms with Crippen molar-refractivity contribution in [3.63, 3.8) is 0 Å². The molecule has 2 rings (SSSR count). The van der Waals surface area contributed by atoms with Crippen LogP contribution in [-0.4, -0.2) is 56.5 Å². The molecule has 5 heteroatoms. The van der Waals surface area contributed by atoms with Crippen LogP contribution in [0.25, 0.3) is 0 Å². The van der Waals surface area contributed by atoms with Gasteiger partial charge in [-0.25, -0.2) is 8.42 Å². The largest absolute Gasteiger partial charge is 0.313 e. The first-order valence-corrected chi connectivity index (χ1v) is 9.46. The highest BCUT2D eigenvalue weighted by Gasteiger charge is 2.30. The summed E-state index contributed by atoms with van der Waals surface area (Å²) in [5, 5.41) is 3.56. The van der Waals surface area contributed by atoms with Crippen molar-refractivity contribution in [1.29, 1.82) is 0 Å². The predicted octanol–water partition coefficient (Wildman–Crippen LogP) is 1.27. The highest BCUT2D eigenvalue weighted by Crippen LogP contribution is 2.21. The zero-order valence-electron chi connectivity index (χ0n) is 12.3. The predicted molar refractivity (Wildman–Crippen MR) is 79.1 cm³/mol. The maximum absolute atomic E-state index is 11.6. The van der Waals surface area contributed by atoms with Crippen LogP contribution >= 0.6 is 0 Å². The van der Waals surface area contributed by atoms with Crippen LogP contribution < -0.4 is 5.32 Å². The van der Waals surface area contributed by atoms with Crippen molar-refractivity contribution in [2.24, 2.45) is 5.92 Å². The highest BCUT2D eigenvalue weighted by molar-refractivity contribution is 7.91. The molecule has 0 aromatic carbocycles. The van der Waals surface area contributed by atoms with Crippen molar-refractivity contribution in [3.05, 3.63) is 0 Å². The van der Waals surface area contributed by atoms with Crippen LogP contribution in [0.1, 0.15) is 39.5 Å². The van der Waals surface area contributed by atoms with Crippen LogP contribution in [0.4, 0.5) is 0 Å². The summed E-state index contributed by atoms with van der Waals surface area (Å²) in [6.45, 7) is 7.80. The minimum Gasteiger partial charge on any atom is -0.313 e. The van der Waals surface area contributed by atoms with Crippen LogP contribution in [0.2, 0.25) is 0 Å². The molecule has 0 radical (unpaired) electrons. The van der Waals surface area contributed by atoms with E-state index >= 15 is 0 Å². The Morgan fingerprint density at radius 3 is 2.42 bits per heavy atom. The van der Waals surface area contributed by atoms with E-state index in [1.54, 1.807) is 0 Å². The summed E-state index contributed by atoms with van der Waals surface area (Å²) in [5.74, 6) is 1.40. The molecule has 0 spiro atoms. The summed E-state index contributed by atoms with van der Waals surface area (Å²) in [5.41, 5.74) is 0. The van der Waals surface area contributed by atoms with Crippen molar-refractivity contribution in [3.8, 4) is 0 Å². The van der Waals surface area contributed by atoms with Gasteiger partial charge in [0.1, 0.15) is 9.84 Å². The molecule has 0 aromatic rings. The lowest BCUT2D eigenvalue weighted by atomic mass is 10.1. The zero-order valence-corrected chi connectivity index (χ0v) is 13.1. The summed E-state index contributed by atoms with van der Waals surface area (Å²) in [4.78, 5) is 2.54. The van der Waals surface area contributed by atoms with E-state index in [2.05, 4.69) is 24.1 Å². The molecule has 2 saturated heterocycles. The first-order valence-electron chi connectivity index (χ1n) is 7.64. The van der Waals surface area contributed by atoms with Crippen molar-refractivity contribution in [1.82, 2.24) is 10.2 Å². The fourth-order valence-electron chi connectivity index (χ4n) is 3.28. The van der Waals surface area contributed by atoms with Gasteiger partial charge in [0.2, 0.25) is 0 Å². The Morgan fingerprint density at radius 2 is 1.89 bits per heavy atom. The first-order chi connectivity index (χ1) is 8.96. The highest BCUT2D eigenvalue weighted by atomic mass is 32.2. The molecule has 1 unspecified atom stereocenters. The van der Waals surface area contributed by atoms with Crippen LogP contribution in [0.5, 0.6) is 0 Å². The molecular formula is C14H28N2O2S. The second kappa shape index (κ2) is 6.55. The second-order valence-electron chi connectivity index (χ2n) is 6.52. The molecule has 2 fully saturated rings. The summed E-state index contributed by atoms with van der Waals surface area (Å²) in [6.07, 6.45) is 4.18. The molecule has 0 aromatic heterocycles. The van der Waals surface area contributed by atoms with Gasteiger partial charge in [-0.15, -0.1) is 0 Å². The Balaban J connectivity index is 1.92. The van der Waals surface area contributed by atoms with Crippen molar-refractivity contribution < 1.29 is 8.42 Å². The van der Waals surface area contributed by atoms with Crippen LogP contribution in [0.15, 0.2) is 0 Å². The molecule has 1 atom stereocenters. The van der Waals surface area contributed by atoms with E-state index in [9.17, 15) is 8.42 Å². The van der Waals surface area contributed by atoms with Crippen LogP contribution in [0, 0.1) is 5.92 Å². The fraction of sp³-hybridized carbons (Fsp3) is 1.00. The minimum absolute atomic E-state index is 0.379. The van der Waals surface area contributed by atoms with Gasteiger partial charge >= 0.3 is 0 Å². The summed E-state index contributed by atoms with van der Waals surface area (Å²) in [6, 6.07) is 1.07. The lowest BCUT2D eigenvalue weighted by Crippen LogP contribution is -2.47. The Hall–Kier alpha value is -0.130. The Morgan fingerprint density at radius 1 is 1.21 bits per heavy atom. The van der Waals surface area contributed by atoms with E-state index in [0.29, 0.717) is 29.5 Å². The monoisotopic (exact) mass is 288 g/mol. The first kappa shape index (κ1) is 15.3. The Labute approximate surface area is 117 Å². The average molecular weight is 288 g/mol. The second-order valence-corrected chi connectivity index (χ2v) is 8.83. The third-order valence-electron chi connectivity index (χ3n) is 4.26. The summed E-state index contributed by atoms with van der Waals surface area (Å²) < 4.78 is 23.1. The van der Waals surface area contributed by atoms with E-state index in [1.807, 2.05) is 0 Å². The summed E-state index contributed by atoms with van der Waals surface area (Å²) >= 11 is 0. The standard InChI is InChI=1S/C14H28N2O2S/c1-12(2)10-16(11-13-4-3-7-15-13)14-5-8-19(17,18)9-6-14/h12-15H,3-11H2,1-2H3. The number of hydrogen-bond donors (Lipinski definition) is 1. The Bertz CT molecular complexity index is 361. The van der Waals surface area contributed by atoms with Gasteiger partial charge in [0, 0.05) is 25.2 Å². The molecule has 0 aliphatic carbocycles. The molecule has 0 saturated carbocycles. The van der Waals surface area contributed by atoms with Gasteiger partial charge in [-0.05, 0) is 38.1 Å². The number of rotatable bonds is 5. The zero-order chi connectivity index (χ0) is 13.9.